The van der Waals surface area contributed by atoms with Crippen molar-refractivity contribution in [3.05, 3.63) is 11.3 Å². The standard InChI is InChI=1S/C36H61NO12/c1-13-24-36(10)29(39)19(4)27(49-36)17(2)15-34(8,42)31(48-33-26(38)23(37-11)14-18(3)44-33)20(5)28(21(6)32(41)46-24)47-25-16-35(9,43-12)30(40)22(7)45-25/h17-18,20-26,28,30-31,33,37-38,40,42H,13-16H2,1-12H3/t17-,18-,20+,21-,22+,23+,24-,25+,26-,28+,30+,31-,33+,34-,35-,36-/m1/s1. The number of aliphatic hydroxyl groups excluding tert-OH is 2. The molecule has 4 rings (SSSR count). The van der Waals surface area contributed by atoms with Gasteiger partial charge in [-0.05, 0) is 74.8 Å². The average molecular weight is 700 g/mol. The highest BCUT2D eigenvalue weighted by atomic mass is 16.7. The molecule has 0 aromatic rings. The van der Waals surface area contributed by atoms with Crippen LogP contribution in [0, 0.1) is 17.8 Å². The van der Waals surface area contributed by atoms with E-state index in [1.807, 2.05) is 27.7 Å². The number of hydrogen-bond donors (Lipinski definition) is 4. The van der Waals surface area contributed by atoms with Crippen LogP contribution in [0.3, 0.4) is 0 Å². The van der Waals surface area contributed by atoms with Crippen molar-refractivity contribution in [3.63, 3.8) is 0 Å². The van der Waals surface area contributed by atoms with Crippen LogP contribution < -0.4 is 5.32 Å². The smallest absolute Gasteiger partial charge is 0.311 e. The summed E-state index contributed by atoms with van der Waals surface area (Å²) >= 11 is 0. The molecule has 49 heavy (non-hydrogen) atoms. The van der Waals surface area contributed by atoms with Gasteiger partial charge in [-0.2, -0.15) is 0 Å². The summed E-state index contributed by atoms with van der Waals surface area (Å²) < 4.78 is 43.7. The molecular formula is C36H61NO12. The van der Waals surface area contributed by atoms with Crippen LogP contribution in [0.25, 0.3) is 0 Å². The molecule has 0 spiro atoms. The molecule has 13 nitrogen and oxygen atoms in total. The molecule has 3 saturated heterocycles. The molecule has 4 N–H and O–H groups in total. The van der Waals surface area contributed by atoms with Crippen molar-refractivity contribution in [2.24, 2.45) is 17.8 Å². The van der Waals surface area contributed by atoms with Gasteiger partial charge >= 0.3 is 5.97 Å². The molecule has 4 heterocycles. The van der Waals surface area contributed by atoms with Gasteiger partial charge in [0.05, 0.1) is 41.5 Å². The lowest BCUT2D eigenvalue weighted by atomic mass is 9.77. The zero-order chi connectivity index (χ0) is 36.8. The Balaban J connectivity index is 1.82. The van der Waals surface area contributed by atoms with Gasteiger partial charge in [-0.25, -0.2) is 0 Å². The Morgan fingerprint density at radius 1 is 1.00 bits per heavy atom. The third-order valence-corrected chi connectivity index (χ3v) is 11.4. The summed E-state index contributed by atoms with van der Waals surface area (Å²) in [7, 11) is 3.27. The van der Waals surface area contributed by atoms with E-state index in [1.165, 1.54) is 7.11 Å². The van der Waals surface area contributed by atoms with Crippen molar-refractivity contribution >= 4 is 11.8 Å². The number of likely N-dealkylation sites (N-methyl/N-ethyl adjacent to an activating group) is 1. The SMILES string of the molecule is CC[C@H]1OC(=O)[C@H](C)[C@@H](O[C@H]2C[C@@](C)(OC)[C@@H](O)[C@H](C)O2)[C@H](C)[C@@H](O[C@@H]2O[C@H](C)C[C@H](NC)[C@H]2O)[C@](C)(O)C[C@@H](C)C2=C(C)C(=O)[C@]1(C)O2. The van der Waals surface area contributed by atoms with E-state index in [1.54, 1.807) is 48.6 Å². The molecule has 0 aromatic heterocycles. The highest BCUT2D eigenvalue weighted by Gasteiger charge is 2.56. The maximum Gasteiger partial charge on any atom is 0.311 e. The highest BCUT2D eigenvalue weighted by Crippen LogP contribution is 2.44. The number of allylic oxidation sites excluding steroid dienone is 1. The van der Waals surface area contributed by atoms with E-state index in [0.29, 0.717) is 24.2 Å². The van der Waals surface area contributed by atoms with Gasteiger partial charge in [0.2, 0.25) is 11.4 Å². The third kappa shape index (κ3) is 7.75. The first-order valence-electron chi connectivity index (χ1n) is 17.8. The number of ether oxygens (including phenoxy) is 7. The maximum absolute atomic E-state index is 14.1. The van der Waals surface area contributed by atoms with Crippen LogP contribution in [0.2, 0.25) is 0 Å². The molecule has 0 amide bonds. The molecule has 0 saturated carbocycles. The largest absolute Gasteiger partial charge is 0.479 e. The van der Waals surface area contributed by atoms with E-state index in [9.17, 15) is 24.9 Å². The number of carbonyl (C=O) groups excluding carboxylic acids is 2. The monoisotopic (exact) mass is 699 g/mol. The van der Waals surface area contributed by atoms with Crippen LogP contribution in [0.1, 0.15) is 94.9 Å². The number of methoxy groups -OCH3 is 1. The number of hydrogen-bond acceptors (Lipinski definition) is 13. The van der Waals surface area contributed by atoms with Crippen LogP contribution in [0.15, 0.2) is 11.3 Å². The topological polar surface area (TPSA) is 171 Å². The number of Topliss-reactive ketones (excluding diaryl/α,β-unsaturated/α-hetero) is 1. The van der Waals surface area contributed by atoms with E-state index in [-0.39, 0.29) is 30.8 Å². The number of ketones is 1. The van der Waals surface area contributed by atoms with Crippen molar-refractivity contribution in [1.82, 2.24) is 5.32 Å². The molecule has 4 aliphatic rings. The maximum atomic E-state index is 14.1. The Hall–Kier alpha value is -1.68. The van der Waals surface area contributed by atoms with Crippen LogP contribution in [-0.2, 0) is 42.7 Å². The van der Waals surface area contributed by atoms with E-state index < -0.39 is 89.7 Å². The lowest BCUT2D eigenvalue weighted by molar-refractivity contribution is -0.315. The molecule has 0 radical (unpaired) electrons. The van der Waals surface area contributed by atoms with Crippen molar-refractivity contribution in [1.29, 1.82) is 0 Å². The average Bonchev–Trinajstić information content (AvgIpc) is 3.28. The second kappa shape index (κ2) is 15.1. The van der Waals surface area contributed by atoms with E-state index in [2.05, 4.69) is 5.32 Å². The van der Waals surface area contributed by atoms with Crippen molar-refractivity contribution in [3.8, 4) is 0 Å². The van der Waals surface area contributed by atoms with Gasteiger partial charge in [0.25, 0.3) is 0 Å². The summed E-state index contributed by atoms with van der Waals surface area (Å²) in [5.41, 5.74) is -3.66. The van der Waals surface area contributed by atoms with Crippen LogP contribution in [0.4, 0.5) is 0 Å². The molecular weight excluding hydrogens is 638 g/mol. The van der Waals surface area contributed by atoms with Gasteiger partial charge in [-0.3, -0.25) is 9.59 Å². The van der Waals surface area contributed by atoms with E-state index in [0.717, 1.165) is 0 Å². The van der Waals surface area contributed by atoms with Gasteiger partial charge < -0.3 is 53.8 Å². The van der Waals surface area contributed by atoms with Crippen molar-refractivity contribution in [2.45, 2.75) is 173 Å². The Kier molecular flexibility index (Phi) is 12.4. The lowest BCUT2D eigenvalue weighted by Gasteiger charge is -2.48. The van der Waals surface area contributed by atoms with Gasteiger partial charge in [0, 0.05) is 37.0 Å². The molecule has 2 bridgehead atoms. The molecule has 282 valence electrons. The molecule has 0 aliphatic carbocycles. The summed E-state index contributed by atoms with van der Waals surface area (Å²) in [4.78, 5) is 27.9. The Bertz CT molecular complexity index is 1230. The van der Waals surface area contributed by atoms with Crippen molar-refractivity contribution in [2.75, 3.05) is 14.2 Å². The van der Waals surface area contributed by atoms with Gasteiger partial charge in [0.1, 0.15) is 24.1 Å². The van der Waals surface area contributed by atoms with Crippen LogP contribution in [-0.4, -0.2) is 119 Å². The fourth-order valence-corrected chi connectivity index (χ4v) is 8.39. The summed E-state index contributed by atoms with van der Waals surface area (Å²) in [6.45, 7) is 17.5. The number of carbonyl (C=O) groups is 2. The van der Waals surface area contributed by atoms with Gasteiger partial charge in [-0.15, -0.1) is 0 Å². The summed E-state index contributed by atoms with van der Waals surface area (Å²) in [5, 5.41) is 37.7. The van der Waals surface area contributed by atoms with Crippen molar-refractivity contribution < 1.29 is 58.1 Å². The quantitative estimate of drug-likeness (QED) is 0.286. The zero-order valence-corrected chi connectivity index (χ0v) is 31.3. The fraction of sp³-hybridized carbons (Fsp3) is 0.889. The predicted molar refractivity (Wildman–Crippen MR) is 178 cm³/mol. The summed E-state index contributed by atoms with van der Waals surface area (Å²) in [6.07, 6.45) is -6.78. The molecule has 0 aromatic carbocycles. The number of rotatable bonds is 7. The van der Waals surface area contributed by atoms with Gasteiger partial charge in [-0.1, -0.05) is 20.8 Å². The number of nitrogens with one attached hydrogen (secondary N) is 1. The summed E-state index contributed by atoms with van der Waals surface area (Å²) in [6, 6.07) is -0.326. The Morgan fingerprint density at radius 3 is 2.24 bits per heavy atom. The van der Waals surface area contributed by atoms with Crippen LogP contribution >= 0.6 is 0 Å². The molecule has 4 aliphatic heterocycles. The molecule has 16 atom stereocenters. The Labute approximate surface area is 291 Å². The fourth-order valence-electron chi connectivity index (χ4n) is 8.39. The number of fused-ring (bicyclic) bond motifs is 2. The number of aliphatic hydroxyl groups is 3. The highest BCUT2D eigenvalue weighted by molar-refractivity contribution is 6.04. The molecule has 0 unspecified atom stereocenters. The normalized spacial score (nSPS) is 48.7. The number of esters is 1. The zero-order valence-electron chi connectivity index (χ0n) is 31.3. The summed E-state index contributed by atoms with van der Waals surface area (Å²) in [5.74, 6) is -2.62. The first kappa shape index (κ1) is 40.1. The first-order valence-corrected chi connectivity index (χ1v) is 17.8. The Morgan fingerprint density at radius 2 is 1.65 bits per heavy atom. The lowest BCUT2D eigenvalue weighted by Crippen LogP contribution is -2.60. The van der Waals surface area contributed by atoms with Gasteiger partial charge in [0.15, 0.2) is 12.6 Å². The minimum absolute atomic E-state index is 0.101. The van der Waals surface area contributed by atoms with E-state index >= 15 is 0 Å². The first-order chi connectivity index (χ1) is 22.7. The predicted octanol–water partition coefficient (Wildman–Crippen LogP) is 2.76. The van der Waals surface area contributed by atoms with E-state index in [4.69, 9.17) is 33.2 Å². The van der Waals surface area contributed by atoms with Crippen LogP contribution in [0.5, 0.6) is 0 Å². The second-order valence-electron chi connectivity index (χ2n) is 15.5. The second-order valence-corrected chi connectivity index (χ2v) is 15.5. The molecule has 13 heteroatoms. The number of cyclic esters (lactones) is 1. The molecule has 3 fully saturated rings. The minimum atomic E-state index is -1.63. The third-order valence-electron chi connectivity index (χ3n) is 11.4. The minimum Gasteiger partial charge on any atom is -0.479 e.